The summed E-state index contributed by atoms with van der Waals surface area (Å²) in [5.74, 6) is 2.58. The summed E-state index contributed by atoms with van der Waals surface area (Å²) in [4.78, 5) is 0. The molecule has 2 heteroatoms. The Morgan fingerprint density at radius 2 is 2.55 bits per heavy atom. The molecule has 1 heterocycles. The number of nitrogens with two attached hydrogens (primary N) is 1. The van der Waals surface area contributed by atoms with Crippen molar-refractivity contribution in [3.05, 3.63) is 22.4 Å². The van der Waals surface area contributed by atoms with Gasteiger partial charge in [-0.05, 0) is 28.8 Å². The van der Waals surface area contributed by atoms with Crippen molar-refractivity contribution in [3.8, 4) is 12.3 Å². The van der Waals surface area contributed by atoms with Crippen molar-refractivity contribution < 1.29 is 0 Å². The first-order valence-corrected chi connectivity index (χ1v) is 4.50. The number of hydrogen-bond donors (Lipinski definition) is 1. The quantitative estimate of drug-likeness (QED) is 0.682. The van der Waals surface area contributed by atoms with Gasteiger partial charge < -0.3 is 5.73 Å². The SMILES string of the molecule is C#CCCC(N)c1ccsc1. The third kappa shape index (κ3) is 2.38. The highest BCUT2D eigenvalue weighted by molar-refractivity contribution is 7.07. The Morgan fingerprint density at radius 1 is 1.73 bits per heavy atom. The number of thiophene rings is 1. The van der Waals surface area contributed by atoms with Crippen LogP contribution >= 0.6 is 11.3 Å². The largest absolute Gasteiger partial charge is 0.324 e. The Balaban J connectivity index is 2.44. The van der Waals surface area contributed by atoms with Crippen LogP contribution in [-0.2, 0) is 0 Å². The zero-order chi connectivity index (χ0) is 8.10. The molecule has 0 saturated heterocycles. The number of rotatable bonds is 3. The predicted molar refractivity (Wildman–Crippen MR) is 49.3 cm³/mol. The Kier molecular flexibility index (Phi) is 3.15. The van der Waals surface area contributed by atoms with Gasteiger partial charge in [0.2, 0.25) is 0 Å². The molecule has 0 aliphatic heterocycles. The van der Waals surface area contributed by atoms with Crippen molar-refractivity contribution in [3.63, 3.8) is 0 Å². The molecule has 0 aliphatic rings. The molecule has 1 aromatic heterocycles. The molecule has 11 heavy (non-hydrogen) atoms. The topological polar surface area (TPSA) is 26.0 Å². The minimum atomic E-state index is 0.122. The van der Waals surface area contributed by atoms with Crippen molar-refractivity contribution in [2.24, 2.45) is 5.73 Å². The minimum absolute atomic E-state index is 0.122. The van der Waals surface area contributed by atoms with Crippen LogP contribution in [0.4, 0.5) is 0 Å². The lowest BCUT2D eigenvalue weighted by Crippen LogP contribution is -2.08. The molecule has 1 atom stereocenters. The van der Waals surface area contributed by atoms with Gasteiger partial charge in [-0.15, -0.1) is 12.3 Å². The van der Waals surface area contributed by atoms with E-state index in [-0.39, 0.29) is 6.04 Å². The van der Waals surface area contributed by atoms with Gasteiger partial charge in [0.15, 0.2) is 0 Å². The van der Waals surface area contributed by atoms with E-state index in [4.69, 9.17) is 12.2 Å². The smallest absolute Gasteiger partial charge is 0.0312 e. The van der Waals surface area contributed by atoms with E-state index in [0.717, 1.165) is 12.8 Å². The predicted octanol–water partition coefficient (Wildman–Crippen LogP) is 2.16. The highest BCUT2D eigenvalue weighted by Crippen LogP contribution is 2.17. The van der Waals surface area contributed by atoms with Gasteiger partial charge in [-0.2, -0.15) is 11.3 Å². The average Bonchev–Trinajstić information content (AvgIpc) is 2.52. The number of terminal acetylenes is 1. The van der Waals surface area contributed by atoms with Crippen LogP contribution < -0.4 is 5.73 Å². The molecular formula is C9H11NS. The van der Waals surface area contributed by atoms with Gasteiger partial charge in [0.1, 0.15) is 0 Å². The monoisotopic (exact) mass is 165 g/mol. The van der Waals surface area contributed by atoms with Gasteiger partial charge in [0.25, 0.3) is 0 Å². The molecule has 0 aliphatic carbocycles. The van der Waals surface area contributed by atoms with Crippen molar-refractivity contribution in [1.82, 2.24) is 0 Å². The molecule has 0 saturated carbocycles. The standard InChI is InChI=1S/C9H11NS/c1-2-3-4-9(10)8-5-6-11-7-8/h1,5-7,9H,3-4,10H2. The van der Waals surface area contributed by atoms with Crippen LogP contribution in [0.3, 0.4) is 0 Å². The summed E-state index contributed by atoms with van der Waals surface area (Å²) in [7, 11) is 0. The Bertz CT molecular complexity index is 233. The maximum Gasteiger partial charge on any atom is 0.0312 e. The van der Waals surface area contributed by atoms with Gasteiger partial charge >= 0.3 is 0 Å². The van der Waals surface area contributed by atoms with Gasteiger partial charge in [0.05, 0.1) is 0 Å². The van der Waals surface area contributed by atoms with Crippen LogP contribution in [0.2, 0.25) is 0 Å². The Hall–Kier alpha value is -0.780. The fourth-order valence-corrected chi connectivity index (χ4v) is 1.62. The van der Waals surface area contributed by atoms with Gasteiger partial charge in [0, 0.05) is 12.5 Å². The average molecular weight is 165 g/mol. The molecule has 0 bridgehead atoms. The van der Waals surface area contributed by atoms with Gasteiger partial charge in [-0.3, -0.25) is 0 Å². The second kappa shape index (κ2) is 4.17. The summed E-state index contributed by atoms with van der Waals surface area (Å²) in [5, 5.41) is 4.10. The molecule has 0 amide bonds. The van der Waals surface area contributed by atoms with E-state index >= 15 is 0 Å². The zero-order valence-corrected chi connectivity index (χ0v) is 7.10. The summed E-state index contributed by atoms with van der Waals surface area (Å²) in [6.45, 7) is 0. The molecule has 0 aromatic carbocycles. The summed E-state index contributed by atoms with van der Waals surface area (Å²) in [6.07, 6.45) is 6.77. The molecule has 1 unspecified atom stereocenters. The third-order valence-electron chi connectivity index (χ3n) is 1.57. The fourth-order valence-electron chi connectivity index (χ4n) is 0.891. The molecule has 58 valence electrons. The fraction of sp³-hybridized carbons (Fsp3) is 0.333. The van der Waals surface area contributed by atoms with Crippen LogP contribution in [0, 0.1) is 12.3 Å². The van der Waals surface area contributed by atoms with E-state index in [1.807, 2.05) is 11.4 Å². The highest BCUT2D eigenvalue weighted by atomic mass is 32.1. The Labute approximate surface area is 71.2 Å². The summed E-state index contributed by atoms with van der Waals surface area (Å²) < 4.78 is 0. The lowest BCUT2D eigenvalue weighted by molar-refractivity contribution is 0.670. The first-order chi connectivity index (χ1) is 5.34. The minimum Gasteiger partial charge on any atom is -0.324 e. The lowest BCUT2D eigenvalue weighted by Gasteiger charge is -2.05. The van der Waals surface area contributed by atoms with E-state index in [0.29, 0.717) is 0 Å². The van der Waals surface area contributed by atoms with E-state index in [2.05, 4.69) is 11.3 Å². The summed E-state index contributed by atoms with van der Waals surface area (Å²) >= 11 is 1.67. The molecule has 0 spiro atoms. The molecule has 1 aromatic rings. The van der Waals surface area contributed by atoms with Crippen molar-refractivity contribution in [1.29, 1.82) is 0 Å². The van der Waals surface area contributed by atoms with Crippen LogP contribution in [0.5, 0.6) is 0 Å². The molecule has 2 N–H and O–H groups in total. The first kappa shape index (κ1) is 8.32. The molecule has 0 fully saturated rings. The van der Waals surface area contributed by atoms with Crippen molar-refractivity contribution in [2.45, 2.75) is 18.9 Å². The van der Waals surface area contributed by atoms with E-state index in [1.54, 1.807) is 11.3 Å². The highest BCUT2D eigenvalue weighted by Gasteiger charge is 2.03. The molecule has 0 radical (unpaired) electrons. The van der Waals surface area contributed by atoms with E-state index < -0.39 is 0 Å². The van der Waals surface area contributed by atoms with E-state index in [1.165, 1.54) is 5.56 Å². The third-order valence-corrected chi connectivity index (χ3v) is 2.27. The van der Waals surface area contributed by atoms with Gasteiger partial charge in [-0.25, -0.2) is 0 Å². The van der Waals surface area contributed by atoms with Crippen LogP contribution in [0.1, 0.15) is 24.4 Å². The van der Waals surface area contributed by atoms with Crippen molar-refractivity contribution >= 4 is 11.3 Å². The van der Waals surface area contributed by atoms with E-state index in [9.17, 15) is 0 Å². The summed E-state index contributed by atoms with van der Waals surface area (Å²) in [6, 6.07) is 2.17. The van der Waals surface area contributed by atoms with Gasteiger partial charge in [-0.1, -0.05) is 0 Å². The van der Waals surface area contributed by atoms with Crippen molar-refractivity contribution in [2.75, 3.05) is 0 Å². The Morgan fingerprint density at radius 3 is 3.09 bits per heavy atom. The second-order valence-corrected chi connectivity index (χ2v) is 3.19. The normalized spacial score (nSPS) is 12.4. The second-order valence-electron chi connectivity index (χ2n) is 2.41. The molecule has 1 rings (SSSR count). The maximum absolute atomic E-state index is 5.84. The van der Waals surface area contributed by atoms with Crippen LogP contribution in [0.25, 0.3) is 0 Å². The van der Waals surface area contributed by atoms with Crippen LogP contribution in [-0.4, -0.2) is 0 Å². The first-order valence-electron chi connectivity index (χ1n) is 3.55. The molecular weight excluding hydrogens is 154 g/mol. The lowest BCUT2D eigenvalue weighted by atomic mass is 10.1. The maximum atomic E-state index is 5.84. The zero-order valence-electron chi connectivity index (χ0n) is 6.29. The number of hydrogen-bond acceptors (Lipinski definition) is 2. The summed E-state index contributed by atoms with van der Waals surface area (Å²) in [5.41, 5.74) is 7.04. The van der Waals surface area contributed by atoms with Crippen LogP contribution in [0.15, 0.2) is 16.8 Å². The molecule has 1 nitrogen and oxygen atoms in total.